The number of hydrogen-bond acceptors (Lipinski definition) is 3. The number of imidazole rings is 1. The van der Waals surface area contributed by atoms with Crippen molar-refractivity contribution in [3.8, 4) is 0 Å². The van der Waals surface area contributed by atoms with Gasteiger partial charge in [-0.15, -0.1) is 0 Å². The minimum atomic E-state index is -0.460. The number of carbonyl (C=O) groups is 2. The summed E-state index contributed by atoms with van der Waals surface area (Å²) in [6.45, 7) is 0.225. The minimum absolute atomic E-state index is 0.113. The fraction of sp³-hybridized carbons (Fsp3) is 0.211. The summed E-state index contributed by atoms with van der Waals surface area (Å²) >= 11 is 5.54. The first-order chi connectivity index (χ1) is 13.0. The van der Waals surface area contributed by atoms with Crippen LogP contribution >= 0.6 is 11.6 Å². The molecular formula is C19H20ClFN4O2. The number of para-hydroxylation sites is 1. The van der Waals surface area contributed by atoms with Gasteiger partial charge in [0, 0.05) is 30.8 Å². The highest BCUT2D eigenvalue weighted by molar-refractivity contribution is 6.30. The number of nitrogens with two attached hydrogens (primary N) is 1. The lowest BCUT2D eigenvalue weighted by molar-refractivity contribution is -0.121. The zero-order valence-electron chi connectivity index (χ0n) is 14.5. The lowest BCUT2D eigenvalue weighted by atomic mass is 10.3. The van der Waals surface area contributed by atoms with Gasteiger partial charge >= 0.3 is 0 Å². The third kappa shape index (κ3) is 7.07. The lowest BCUT2D eigenvalue weighted by Crippen LogP contribution is -2.28. The Balaban J connectivity index is 0.000000313. The average Bonchev–Trinajstić information content (AvgIpc) is 3.05. The maximum Gasteiger partial charge on any atom is 0.220 e. The molecule has 6 nitrogen and oxygen atoms in total. The van der Waals surface area contributed by atoms with Crippen LogP contribution < -0.4 is 11.1 Å². The fourth-order valence-electron chi connectivity index (χ4n) is 2.23. The predicted octanol–water partition coefficient (Wildman–Crippen LogP) is 2.97. The van der Waals surface area contributed by atoms with Crippen LogP contribution in [0.25, 0.3) is 11.0 Å². The SMILES string of the molecule is Clc1ccccc1.NC(=O)CCNC(=O)CCc1nc2c(F)cccc2[nH]1. The number of nitrogens with one attached hydrogen (secondary N) is 2. The highest BCUT2D eigenvalue weighted by Crippen LogP contribution is 2.15. The smallest absolute Gasteiger partial charge is 0.220 e. The Morgan fingerprint density at radius 3 is 2.44 bits per heavy atom. The molecule has 4 N–H and O–H groups in total. The maximum absolute atomic E-state index is 13.4. The zero-order chi connectivity index (χ0) is 19.6. The molecule has 1 aromatic heterocycles. The fourth-order valence-corrected chi connectivity index (χ4v) is 2.37. The van der Waals surface area contributed by atoms with Gasteiger partial charge in [0.25, 0.3) is 0 Å². The van der Waals surface area contributed by atoms with Crippen molar-refractivity contribution in [1.82, 2.24) is 15.3 Å². The average molecular weight is 391 g/mol. The summed E-state index contributed by atoms with van der Waals surface area (Å²) in [7, 11) is 0. The summed E-state index contributed by atoms with van der Waals surface area (Å²) in [5.74, 6) is -0.503. The molecule has 1 heterocycles. The van der Waals surface area contributed by atoms with Gasteiger partial charge in [-0.1, -0.05) is 35.9 Å². The molecule has 2 amide bonds. The third-order valence-electron chi connectivity index (χ3n) is 3.53. The van der Waals surface area contributed by atoms with Gasteiger partial charge in [0.15, 0.2) is 5.82 Å². The monoisotopic (exact) mass is 390 g/mol. The first-order valence-electron chi connectivity index (χ1n) is 8.34. The highest BCUT2D eigenvalue weighted by atomic mass is 35.5. The van der Waals surface area contributed by atoms with E-state index in [-0.39, 0.29) is 30.8 Å². The van der Waals surface area contributed by atoms with Gasteiger partial charge in [-0.2, -0.15) is 0 Å². The number of aromatic amines is 1. The van der Waals surface area contributed by atoms with E-state index < -0.39 is 11.7 Å². The summed E-state index contributed by atoms with van der Waals surface area (Å²) in [4.78, 5) is 29.1. The predicted molar refractivity (Wildman–Crippen MR) is 103 cm³/mol. The number of rotatable bonds is 6. The molecule has 27 heavy (non-hydrogen) atoms. The zero-order valence-corrected chi connectivity index (χ0v) is 15.3. The Hall–Kier alpha value is -2.93. The Kier molecular flexibility index (Phi) is 7.76. The second kappa shape index (κ2) is 10.3. The summed E-state index contributed by atoms with van der Waals surface area (Å²) in [5.41, 5.74) is 5.84. The van der Waals surface area contributed by atoms with Crippen LogP contribution in [0.2, 0.25) is 5.02 Å². The maximum atomic E-state index is 13.4. The molecule has 0 aliphatic carbocycles. The van der Waals surface area contributed by atoms with E-state index in [1.807, 2.05) is 30.3 Å². The third-order valence-corrected chi connectivity index (χ3v) is 3.78. The van der Waals surface area contributed by atoms with Crippen LogP contribution in [0.4, 0.5) is 4.39 Å². The Labute approximate surface area is 160 Å². The molecule has 0 spiro atoms. The normalized spacial score (nSPS) is 10.1. The van der Waals surface area contributed by atoms with E-state index >= 15 is 0 Å². The van der Waals surface area contributed by atoms with Gasteiger partial charge in [0.2, 0.25) is 11.8 Å². The van der Waals surface area contributed by atoms with Gasteiger partial charge in [-0.3, -0.25) is 9.59 Å². The van der Waals surface area contributed by atoms with E-state index in [1.165, 1.54) is 6.07 Å². The summed E-state index contributed by atoms with van der Waals surface area (Å²) < 4.78 is 13.4. The largest absolute Gasteiger partial charge is 0.370 e. The number of carbonyl (C=O) groups excluding carboxylic acids is 2. The topological polar surface area (TPSA) is 101 Å². The lowest BCUT2D eigenvalue weighted by Gasteiger charge is -2.02. The number of H-pyrrole nitrogens is 1. The van der Waals surface area contributed by atoms with Crippen molar-refractivity contribution in [3.63, 3.8) is 0 Å². The van der Waals surface area contributed by atoms with Crippen LogP contribution in [-0.2, 0) is 16.0 Å². The number of halogens is 2. The number of aromatic nitrogens is 2. The number of benzene rings is 2. The first kappa shape index (κ1) is 20.4. The molecular weight excluding hydrogens is 371 g/mol. The first-order valence-corrected chi connectivity index (χ1v) is 8.72. The standard InChI is InChI=1S/C13H15FN4O2.C6H5Cl/c14-8-2-1-3-9-13(8)18-11(17-9)4-5-12(20)16-7-6-10(15)19;7-6-4-2-1-3-5-6/h1-3H,4-7H2,(H2,15,19)(H,16,20)(H,17,18);1-5H. The number of aryl methyl sites for hydroxylation is 1. The second-order valence-corrected chi connectivity index (χ2v) is 6.12. The van der Waals surface area contributed by atoms with Crippen LogP contribution in [0.5, 0.6) is 0 Å². The van der Waals surface area contributed by atoms with Gasteiger partial charge in [0.05, 0.1) is 5.52 Å². The Morgan fingerprint density at radius 2 is 1.85 bits per heavy atom. The molecule has 8 heteroatoms. The van der Waals surface area contributed by atoms with Crippen molar-refractivity contribution in [2.45, 2.75) is 19.3 Å². The molecule has 0 aliphatic heterocycles. The molecule has 2 aromatic carbocycles. The quantitative estimate of drug-likeness (QED) is 0.603. The van der Waals surface area contributed by atoms with E-state index in [2.05, 4.69) is 15.3 Å². The Morgan fingerprint density at radius 1 is 1.11 bits per heavy atom. The molecule has 0 unspecified atom stereocenters. The summed E-state index contributed by atoms with van der Waals surface area (Å²) in [6, 6.07) is 14.1. The highest BCUT2D eigenvalue weighted by Gasteiger charge is 2.09. The number of nitrogens with zero attached hydrogens (tertiary/aromatic N) is 1. The van der Waals surface area contributed by atoms with Crippen molar-refractivity contribution in [1.29, 1.82) is 0 Å². The van der Waals surface area contributed by atoms with E-state index in [0.717, 1.165) is 5.02 Å². The summed E-state index contributed by atoms with van der Waals surface area (Å²) in [6.07, 6.45) is 0.693. The molecule has 0 radical (unpaired) electrons. The van der Waals surface area contributed by atoms with Crippen molar-refractivity contribution in [2.75, 3.05) is 6.54 Å². The molecule has 3 rings (SSSR count). The number of hydrogen-bond donors (Lipinski definition) is 3. The van der Waals surface area contributed by atoms with Crippen LogP contribution in [0.1, 0.15) is 18.7 Å². The number of amides is 2. The van der Waals surface area contributed by atoms with Crippen LogP contribution in [0.3, 0.4) is 0 Å². The van der Waals surface area contributed by atoms with E-state index in [4.69, 9.17) is 17.3 Å². The molecule has 0 atom stereocenters. The molecule has 0 saturated heterocycles. The van der Waals surface area contributed by atoms with Crippen molar-refractivity contribution >= 4 is 34.4 Å². The molecule has 142 valence electrons. The van der Waals surface area contributed by atoms with Crippen molar-refractivity contribution in [3.05, 3.63) is 65.2 Å². The van der Waals surface area contributed by atoms with E-state index in [1.54, 1.807) is 12.1 Å². The van der Waals surface area contributed by atoms with Crippen LogP contribution in [0, 0.1) is 5.82 Å². The van der Waals surface area contributed by atoms with E-state index in [0.29, 0.717) is 17.8 Å². The molecule has 0 saturated carbocycles. The van der Waals surface area contributed by atoms with Gasteiger partial charge < -0.3 is 16.0 Å². The van der Waals surface area contributed by atoms with Crippen LogP contribution in [-0.4, -0.2) is 28.3 Å². The number of fused-ring (bicyclic) bond motifs is 1. The van der Waals surface area contributed by atoms with Crippen molar-refractivity contribution < 1.29 is 14.0 Å². The van der Waals surface area contributed by atoms with Gasteiger partial charge in [-0.05, 0) is 24.3 Å². The van der Waals surface area contributed by atoms with E-state index in [9.17, 15) is 14.0 Å². The number of primary amides is 1. The molecule has 0 aliphatic rings. The summed E-state index contributed by atoms with van der Waals surface area (Å²) in [5, 5.41) is 3.37. The van der Waals surface area contributed by atoms with Gasteiger partial charge in [0.1, 0.15) is 11.3 Å². The minimum Gasteiger partial charge on any atom is -0.370 e. The molecule has 0 fully saturated rings. The van der Waals surface area contributed by atoms with Crippen molar-refractivity contribution in [2.24, 2.45) is 5.73 Å². The van der Waals surface area contributed by atoms with Gasteiger partial charge in [-0.25, -0.2) is 9.37 Å². The molecule has 0 bridgehead atoms. The Bertz CT molecular complexity index is 899. The molecule has 3 aromatic rings. The van der Waals surface area contributed by atoms with Crippen LogP contribution in [0.15, 0.2) is 48.5 Å². The second-order valence-electron chi connectivity index (χ2n) is 5.68.